The summed E-state index contributed by atoms with van der Waals surface area (Å²) in [6.45, 7) is 7.05. The van der Waals surface area contributed by atoms with Crippen LogP contribution in [0.1, 0.15) is 40.5 Å². The maximum Gasteiger partial charge on any atom is 0.368 e. The van der Waals surface area contributed by atoms with Gasteiger partial charge in [-0.1, -0.05) is 24.9 Å². The zero-order valence-corrected chi connectivity index (χ0v) is 17.9. The number of benzene rings is 1. The number of nitrogens with two attached hydrogens (primary N) is 1. The third-order valence-electron chi connectivity index (χ3n) is 2.67. The SMILES string of the molecule is CC(C)(C)N.CCCC(OC(=O)COc1ccc(Cl)cc1F)P(=O)(O)OC. The summed E-state index contributed by atoms with van der Waals surface area (Å²) < 4.78 is 39.5. The van der Waals surface area contributed by atoms with Crippen molar-refractivity contribution < 1.29 is 32.6 Å². The Hall–Kier alpha value is -1.18. The average Bonchev–Trinajstić information content (AvgIpc) is 2.52. The molecule has 0 saturated carbocycles. The van der Waals surface area contributed by atoms with E-state index in [4.69, 9.17) is 26.8 Å². The van der Waals surface area contributed by atoms with E-state index in [-0.39, 0.29) is 22.7 Å². The van der Waals surface area contributed by atoms with Crippen LogP contribution in [0.3, 0.4) is 0 Å². The van der Waals surface area contributed by atoms with Gasteiger partial charge in [-0.25, -0.2) is 9.18 Å². The van der Waals surface area contributed by atoms with Gasteiger partial charge in [0.15, 0.2) is 18.2 Å². The molecule has 0 aliphatic heterocycles. The number of ether oxygens (including phenoxy) is 2. The van der Waals surface area contributed by atoms with Crippen LogP contribution in [0.4, 0.5) is 4.39 Å². The molecule has 1 aromatic carbocycles. The molecular formula is C17H28ClFNO6P. The van der Waals surface area contributed by atoms with Gasteiger partial charge in [0, 0.05) is 17.7 Å². The fraction of sp³-hybridized carbons (Fsp3) is 0.588. The first kappa shape index (κ1) is 25.8. The van der Waals surface area contributed by atoms with E-state index in [1.165, 1.54) is 12.1 Å². The van der Waals surface area contributed by atoms with Crippen molar-refractivity contribution in [3.8, 4) is 5.75 Å². The third kappa shape index (κ3) is 12.0. The van der Waals surface area contributed by atoms with E-state index in [0.29, 0.717) is 6.42 Å². The molecule has 7 nitrogen and oxygen atoms in total. The van der Waals surface area contributed by atoms with Crippen LogP contribution in [-0.2, 0) is 18.6 Å². The molecule has 0 amide bonds. The Morgan fingerprint density at radius 2 is 1.96 bits per heavy atom. The highest BCUT2D eigenvalue weighted by Crippen LogP contribution is 2.49. The average molecular weight is 428 g/mol. The summed E-state index contributed by atoms with van der Waals surface area (Å²) in [5.41, 5.74) is 5.35. The molecule has 1 rings (SSSR count). The Morgan fingerprint density at radius 1 is 1.41 bits per heavy atom. The molecule has 0 bridgehead atoms. The highest BCUT2D eigenvalue weighted by atomic mass is 35.5. The van der Waals surface area contributed by atoms with Crippen molar-refractivity contribution in [2.24, 2.45) is 5.73 Å². The molecule has 0 aliphatic rings. The first-order valence-electron chi connectivity index (χ1n) is 8.24. The molecule has 0 aliphatic carbocycles. The fourth-order valence-corrected chi connectivity index (χ4v) is 2.80. The summed E-state index contributed by atoms with van der Waals surface area (Å²) >= 11 is 5.59. The number of esters is 1. The summed E-state index contributed by atoms with van der Waals surface area (Å²) in [6.07, 6.45) is 0.668. The number of hydrogen-bond acceptors (Lipinski definition) is 6. The zero-order chi connectivity index (χ0) is 21.3. The maximum atomic E-state index is 13.5. The van der Waals surface area contributed by atoms with E-state index < -0.39 is 31.8 Å². The van der Waals surface area contributed by atoms with Crippen molar-refractivity contribution in [3.63, 3.8) is 0 Å². The third-order valence-corrected chi connectivity index (χ3v) is 4.52. The Kier molecular flexibility index (Phi) is 11.1. The molecule has 0 saturated heterocycles. The van der Waals surface area contributed by atoms with E-state index in [2.05, 4.69) is 4.52 Å². The quantitative estimate of drug-likeness (QED) is 0.474. The van der Waals surface area contributed by atoms with Crippen LogP contribution in [0, 0.1) is 5.82 Å². The van der Waals surface area contributed by atoms with Crippen molar-refractivity contribution in [1.29, 1.82) is 0 Å². The van der Waals surface area contributed by atoms with Gasteiger partial charge in [0.1, 0.15) is 0 Å². The summed E-state index contributed by atoms with van der Waals surface area (Å²) in [4.78, 5) is 21.2. The Labute approximate surface area is 164 Å². The van der Waals surface area contributed by atoms with Gasteiger partial charge < -0.3 is 24.6 Å². The Balaban J connectivity index is 0.00000119. The predicted octanol–water partition coefficient (Wildman–Crippen LogP) is 4.10. The van der Waals surface area contributed by atoms with Crippen molar-refractivity contribution >= 4 is 25.2 Å². The number of hydrogen-bond donors (Lipinski definition) is 2. The second kappa shape index (κ2) is 11.6. The van der Waals surface area contributed by atoms with Crippen LogP contribution in [-0.4, -0.2) is 36.0 Å². The van der Waals surface area contributed by atoms with Crippen LogP contribution in [0.5, 0.6) is 5.75 Å². The molecule has 156 valence electrons. The van der Waals surface area contributed by atoms with E-state index in [1.54, 1.807) is 6.92 Å². The molecule has 0 aromatic heterocycles. The molecule has 0 heterocycles. The molecule has 2 unspecified atom stereocenters. The topological polar surface area (TPSA) is 108 Å². The molecule has 27 heavy (non-hydrogen) atoms. The molecule has 3 N–H and O–H groups in total. The van der Waals surface area contributed by atoms with Gasteiger partial charge in [0.2, 0.25) is 5.85 Å². The predicted molar refractivity (Wildman–Crippen MR) is 102 cm³/mol. The highest BCUT2D eigenvalue weighted by molar-refractivity contribution is 7.53. The van der Waals surface area contributed by atoms with Gasteiger partial charge in [-0.15, -0.1) is 0 Å². The smallest absolute Gasteiger partial charge is 0.368 e. The lowest BCUT2D eigenvalue weighted by atomic mass is 10.1. The van der Waals surface area contributed by atoms with Gasteiger partial charge in [-0.2, -0.15) is 0 Å². The van der Waals surface area contributed by atoms with E-state index in [9.17, 15) is 18.6 Å². The first-order chi connectivity index (χ1) is 12.3. The molecular weight excluding hydrogens is 400 g/mol. The first-order valence-corrected chi connectivity index (χ1v) is 10.3. The lowest BCUT2D eigenvalue weighted by Gasteiger charge is -2.21. The van der Waals surface area contributed by atoms with Crippen LogP contribution in [0.15, 0.2) is 18.2 Å². The van der Waals surface area contributed by atoms with E-state index in [1.807, 2.05) is 20.8 Å². The van der Waals surface area contributed by atoms with Crippen LogP contribution in [0.25, 0.3) is 0 Å². The molecule has 10 heteroatoms. The summed E-state index contributed by atoms with van der Waals surface area (Å²) in [7, 11) is -3.00. The van der Waals surface area contributed by atoms with Crippen molar-refractivity contribution in [3.05, 3.63) is 29.0 Å². The van der Waals surface area contributed by atoms with Crippen molar-refractivity contribution in [1.82, 2.24) is 0 Å². The molecule has 2 atom stereocenters. The van der Waals surface area contributed by atoms with Gasteiger partial charge in [0.25, 0.3) is 0 Å². The highest BCUT2D eigenvalue weighted by Gasteiger charge is 2.34. The van der Waals surface area contributed by atoms with Gasteiger partial charge in [0.05, 0.1) is 0 Å². The van der Waals surface area contributed by atoms with Crippen molar-refractivity contribution in [2.45, 2.75) is 51.9 Å². The minimum atomic E-state index is -4.06. The van der Waals surface area contributed by atoms with E-state index in [0.717, 1.165) is 13.2 Å². The minimum absolute atomic E-state index is 0. The maximum absolute atomic E-state index is 13.5. The lowest BCUT2D eigenvalue weighted by molar-refractivity contribution is -0.149. The second-order valence-electron chi connectivity index (χ2n) is 6.71. The number of rotatable bonds is 8. The minimum Gasteiger partial charge on any atom is -0.479 e. The Morgan fingerprint density at radius 3 is 2.41 bits per heavy atom. The second-order valence-corrected chi connectivity index (χ2v) is 9.22. The van der Waals surface area contributed by atoms with E-state index >= 15 is 0 Å². The zero-order valence-electron chi connectivity index (χ0n) is 16.2. The molecule has 0 radical (unpaired) electrons. The van der Waals surface area contributed by atoms with Gasteiger partial charge >= 0.3 is 13.6 Å². The fourth-order valence-electron chi connectivity index (χ4n) is 1.57. The monoisotopic (exact) mass is 427 g/mol. The van der Waals surface area contributed by atoms with Crippen molar-refractivity contribution in [2.75, 3.05) is 13.7 Å². The summed E-state index contributed by atoms with van der Waals surface area (Å²) in [6, 6.07) is 3.70. The van der Waals surface area contributed by atoms with Gasteiger partial charge in [-0.3, -0.25) is 4.57 Å². The number of carbonyl (C=O) groups is 1. The number of halogens is 2. The van der Waals surface area contributed by atoms with Crippen LogP contribution >= 0.6 is 19.2 Å². The molecule has 0 fully saturated rings. The lowest BCUT2D eigenvalue weighted by Crippen LogP contribution is -2.26. The van der Waals surface area contributed by atoms with Crippen LogP contribution in [0.2, 0.25) is 5.02 Å². The molecule has 1 aromatic rings. The largest absolute Gasteiger partial charge is 0.479 e. The normalized spacial score (nSPS) is 14.4. The number of carbonyl (C=O) groups excluding carboxylic acids is 1. The van der Waals surface area contributed by atoms with Gasteiger partial charge in [-0.05, 0) is 45.4 Å². The summed E-state index contributed by atoms with van der Waals surface area (Å²) in [5, 5.41) is 0.191. The molecule has 0 spiro atoms. The standard InChI is InChI=1S/C13H17ClFO6P.C4H11N/c1-3-4-13(22(17,18)19-2)21-12(16)8-20-11-6-5-9(14)7-10(11)15;1-4(2,3)5/h5-7,13H,3-4,8H2,1-2H3,(H,17,18);5H2,1-3H3. The summed E-state index contributed by atoms with van der Waals surface area (Å²) in [5.74, 6) is -3.09. The Bertz CT molecular complexity index is 647. The van der Waals surface area contributed by atoms with Crippen LogP contribution < -0.4 is 10.5 Å².